The Morgan fingerprint density at radius 3 is 2.72 bits per heavy atom. The normalized spacial score (nSPS) is 29.3. The van der Waals surface area contributed by atoms with E-state index in [0.717, 1.165) is 47.7 Å². The molecule has 0 aliphatic carbocycles. The summed E-state index contributed by atoms with van der Waals surface area (Å²) in [4.78, 5) is 29.3. The van der Waals surface area contributed by atoms with Crippen molar-refractivity contribution in [1.82, 2.24) is 25.3 Å². The molecule has 5 heterocycles. The molecule has 0 spiro atoms. The molecular weight excluding hydrogens is 404 g/mol. The lowest BCUT2D eigenvalue weighted by Gasteiger charge is -2.37. The van der Waals surface area contributed by atoms with Gasteiger partial charge in [-0.15, -0.1) is 0 Å². The Labute approximate surface area is 188 Å². The minimum Gasteiger partial charge on any atom is -0.370 e. The number of para-hydroxylation sites is 1. The zero-order chi connectivity index (χ0) is 21.8. The largest absolute Gasteiger partial charge is 0.370 e. The van der Waals surface area contributed by atoms with E-state index in [-0.39, 0.29) is 17.7 Å². The van der Waals surface area contributed by atoms with Crippen LogP contribution in [0.25, 0.3) is 10.9 Å². The molecule has 170 valence electrons. The van der Waals surface area contributed by atoms with Crippen LogP contribution in [0.3, 0.4) is 0 Å². The van der Waals surface area contributed by atoms with Crippen LogP contribution in [0.2, 0.25) is 0 Å². The molecule has 4 saturated heterocycles. The van der Waals surface area contributed by atoms with Gasteiger partial charge in [0.25, 0.3) is 0 Å². The van der Waals surface area contributed by atoms with E-state index in [1.54, 1.807) is 0 Å². The van der Waals surface area contributed by atoms with Gasteiger partial charge in [0, 0.05) is 63.7 Å². The van der Waals surface area contributed by atoms with Gasteiger partial charge >= 0.3 is 0 Å². The lowest BCUT2D eigenvalue weighted by molar-refractivity contribution is -0.134. The Kier molecular flexibility index (Phi) is 4.95. The van der Waals surface area contributed by atoms with Crippen LogP contribution in [0.1, 0.15) is 43.7 Å². The molecule has 4 fully saturated rings. The summed E-state index contributed by atoms with van der Waals surface area (Å²) in [7, 11) is 1.96. The first-order chi connectivity index (χ1) is 15.6. The molecule has 2 bridgehead atoms. The van der Waals surface area contributed by atoms with Crippen molar-refractivity contribution >= 4 is 28.4 Å². The molecule has 1 unspecified atom stereocenters. The van der Waals surface area contributed by atoms with E-state index < -0.39 is 0 Å². The zero-order valence-electron chi connectivity index (χ0n) is 18.7. The highest BCUT2D eigenvalue weighted by atomic mass is 16.2. The van der Waals surface area contributed by atoms with Gasteiger partial charge in [0.1, 0.15) is 0 Å². The van der Waals surface area contributed by atoms with Gasteiger partial charge in [-0.3, -0.25) is 24.5 Å². The second-order valence-corrected chi connectivity index (χ2v) is 10.1. The summed E-state index contributed by atoms with van der Waals surface area (Å²) in [5, 5.41) is 11.9. The van der Waals surface area contributed by atoms with Crippen molar-refractivity contribution in [3.8, 4) is 0 Å². The molecule has 4 aliphatic rings. The van der Waals surface area contributed by atoms with Crippen molar-refractivity contribution < 1.29 is 9.59 Å². The standard InChI is InChI=1S/C24H32N6O2/c1-28-23-18(22(27-28)19-5-6-21(31)26-24(19)32)3-2-4-20(23)29-9-7-15(8-10-29)13-30-14-16-11-17(30)12-25-16/h2-4,15-17,19,25H,5-14H2,1H3,(H,26,31,32)/t16-,17-,19?/m1/s1. The Bertz CT molecular complexity index is 1060. The zero-order valence-corrected chi connectivity index (χ0v) is 18.7. The number of aromatic nitrogens is 2. The third-order valence-electron chi connectivity index (χ3n) is 8.06. The minimum atomic E-state index is -0.359. The molecule has 8 nitrogen and oxygen atoms in total. The number of fused-ring (bicyclic) bond motifs is 3. The number of imide groups is 1. The molecule has 0 radical (unpaired) electrons. The number of aryl methyl sites for hydroxylation is 1. The van der Waals surface area contributed by atoms with E-state index >= 15 is 0 Å². The van der Waals surface area contributed by atoms with Crippen molar-refractivity contribution in [2.24, 2.45) is 13.0 Å². The number of nitrogens with zero attached hydrogens (tertiary/aromatic N) is 4. The van der Waals surface area contributed by atoms with Crippen LogP contribution in [0.5, 0.6) is 0 Å². The number of carbonyl (C=O) groups is 2. The molecule has 2 aromatic rings. The SMILES string of the molecule is Cn1nc(C2CCC(=O)NC2=O)c2cccc(N3CCC(CN4C[C@H]5C[C@@H]4CN5)CC3)c21. The smallest absolute Gasteiger partial charge is 0.235 e. The van der Waals surface area contributed by atoms with Gasteiger partial charge < -0.3 is 10.2 Å². The van der Waals surface area contributed by atoms with Gasteiger partial charge in [0.2, 0.25) is 11.8 Å². The van der Waals surface area contributed by atoms with Crippen molar-refractivity contribution in [1.29, 1.82) is 0 Å². The molecule has 1 aromatic carbocycles. The Balaban J connectivity index is 1.19. The van der Waals surface area contributed by atoms with Crippen molar-refractivity contribution in [3.05, 3.63) is 23.9 Å². The molecule has 1 aromatic heterocycles. The van der Waals surface area contributed by atoms with E-state index in [2.05, 4.69) is 38.6 Å². The molecule has 6 rings (SSSR count). The fourth-order valence-corrected chi connectivity index (χ4v) is 6.37. The number of likely N-dealkylation sites (tertiary alicyclic amines) is 1. The van der Waals surface area contributed by atoms with Crippen LogP contribution in [0.15, 0.2) is 18.2 Å². The van der Waals surface area contributed by atoms with Crippen molar-refractivity contribution in [2.45, 2.75) is 50.1 Å². The van der Waals surface area contributed by atoms with E-state index in [9.17, 15) is 9.59 Å². The van der Waals surface area contributed by atoms with E-state index in [4.69, 9.17) is 5.10 Å². The first-order valence-corrected chi connectivity index (χ1v) is 12.1. The third-order valence-corrected chi connectivity index (χ3v) is 8.06. The first-order valence-electron chi connectivity index (χ1n) is 12.1. The van der Waals surface area contributed by atoms with E-state index in [1.807, 2.05) is 11.7 Å². The van der Waals surface area contributed by atoms with Gasteiger partial charge in [-0.25, -0.2) is 0 Å². The molecular formula is C24H32N6O2. The van der Waals surface area contributed by atoms with Crippen LogP contribution < -0.4 is 15.5 Å². The summed E-state index contributed by atoms with van der Waals surface area (Å²) < 4.78 is 1.92. The number of nitrogens with one attached hydrogen (secondary N) is 2. The number of piperidine rings is 2. The highest BCUT2D eigenvalue weighted by molar-refractivity contribution is 6.03. The summed E-state index contributed by atoms with van der Waals surface area (Å²) in [6, 6.07) is 7.81. The molecule has 2 N–H and O–H groups in total. The maximum absolute atomic E-state index is 12.5. The molecule has 3 atom stereocenters. The Morgan fingerprint density at radius 2 is 2.00 bits per heavy atom. The number of hydrogen-bond donors (Lipinski definition) is 2. The maximum atomic E-state index is 12.5. The van der Waals surface area contributed by atoms with Crippen molar-refractivity contribution in [2.75, 3.05) is 37.6 Å². The van der Waals surface area contributed by atoms with E-state index in [0.29, 0.717) is 12.8 Å². The number of piperazine rings is 1. The van der Waals surface area contributed by atoms with Gasteiger partial charge in [-0.1, -0.05) is 12.1 Å². The third kappa shape index (κ3) is 3.40. The lowest BCUT2D eigenvalue weighted by atomic mass is 9.92. The summed E-state index contributed by atoms with van der Waals surface area (Å²) in [6.07, 6.45) is 4.67. The number of benzene rings is 1. The lowest BCUT2D eigenvalue weighted by Crippen LogP contribution is -2.47. The van der Waals surface area contributed by atoms with Crippen LogP contribution in [0, 0.1) is 5.92 Å². The highest BCUT2D eigenvalue weighted by Crippen LogP contribution is 2.36. The fraction of sp³-hybridized carbons (Fsp3) is 0.625. The second kappa shape index (κ2) is 7.85. The first kappa shape index (κ1) is 20.2. The molecule has 8 heteroatoms. The molecule has 4 aliphatic heterocycles. The predicted octanol–water partition coefficient (Wildman–Crippen LogP) is 1.36. The monoisotopic (exact) mass is 436 g/mol. The van der Waals surface area contributed by atoms with Crippen LogP contribution in [-0.4, -0.2) is 71.3 Å². The van der Waals surface area contributed by atoms with Crippen molar-refractivity contribution in [3.63, 3.8) is 0 Å². The molecule has 0 saturated carbocycles. The average Bonchev–Trinajstić information content (AvgIpc) is 3.49. The average molecular weight is 437 g/mol. The number of anilines is 1. The number of hydrogen-bond acceptors (Lipinski definition) is 6. The number of carbonyl (C=O) groups excluding carboxylic acids is 2. The van der Waals surface area contributed by atoms with Gasteiger partial charge in [-0.05, 0) is 37.7 Å². The number of amides is 2. The minimum absolute atomic E-state index is 0.187. The quantitative estimate of drug-likeness (QED) is 0.705. The Hall–Kier alpha value is -2.45. The highest BCUT2D eigenvalue weighted by Gasteiger charge is 2.38. The Morgan fingerprint density at radius 1 is 1.16 bits per heavy atom. The molecule has 2 amide bonds. The maximum Gasteiger partial charge on any atom is 0.235 e. The second-order valence-electron chi connectivity index (χ2n) is 10.1. The summed E-state index contributed by atoms with van der Waals surface area (Å²) in [5.41, 5.74) is 3.09. The number of rotatable bonds is 4. The fourth-order valence-electron chi connectivity index (χ4n) is 6.37. The van der Waals surface area contributed by atoms with Gasteiger partial charge in [-0.2, -0.15) is 5.10 Å². The van der Waals surface area contributed by atoms with E-state index in [1.165, 1.54) is 44.6 Å². The molecule has 32 heavy (non-hydrogen) atoms. The van der Waals surface area contributed by atoms with Crippen LogP contribution >= 0.6 is 0 Å². The van der Waals surface area contributed by atoms with Gasteiger partial charge in [0.05, 0.1) is 22.8 Å². The summed E-state index contributed by atoms with van der Waals surface area (Å²) in [6.45, 7) is 5.75. The van der Waals surface area contributed by atoms with Gasteiger partial charge in [0.15, 0.2) is 0 Å². The topological polar surface area (TPSA) is 82.5 Å². The van der Waals surface area contributed by atoms with Crippen LogP contribution in [-0.2, 0) is 16.6 Å². The van der Waals surface area contributed by atoms with Crippen LogP contribution in [0.4, 0.5) is 5.69 Å². The summed E-state index contributed by atoms with van der Waals surface area (Å²) in [5.74, 6) is 0.00407. The summed E-state index contributed by atoms with van der Waals surface area (Å²) >= 11 is 0. The predicted molar refractivity (Wildman–Crippen MR) is 123 cm³/mol.